The molecule has 0 aliphatic heterocycles. The Morgan fingerprint density at radius 1 is 1.23 bits per heavy atom. The van der Waals surface area contributed by atoms with Gasteiger partial charge in [0.15, 0.2) is 4.77 Å². The number of benzene rings is 2. The molecule has 0 saturated carbocycles. The minimum Gasteiger partial charge on any atom is -0.333 e. The number of H-pyrrole nitrogens is 1. The van der Waals surface area contributed by atoms with Crippen LogP contribution in [-0.2, 0) is 0 Å². The topological polar surface area (TPSA) is 58.1 Å². The summed E-state index contributed by atoms with van der Waals surface area (Å²) in [4.78, 5) is 30.0. The Labute approximate surface area is 178 Å². The van der Waals surface area contributed by atoms with Crippen molar-refractivity contribution in [3.8, 4) is 5.69 Å². The standard InChI is InChI=1S/C22H23F2N3O2S/c1-4-10-26(12-19(23)24)20(28)15-8-9-16-17(11-15)25-22(30)27(21(16)29)18-7-5-6-13(2)14(18)3/h5-9,11,19H,4,10,12H2,1-3H3,(H,25,30). The van der Waals surface area contributed by atoms with E-state index in [4.69, 9.17) is 12.2 Å². The molecule has 0 fully saturated rings. The van der Waals surface area contributed by atoms with E-state index in [-0.39, 0.29) is 22.4 Å². The number of fused-ring (bicyclic) bond motifs is 1. The molecule has 0 unspecified atom stereocenters. The number of carbonyl (C=O) groups excluding carboxylic acids is 1. The Morgan fingerprint density at radius 3 is 2.63 bits per heavy atom. The summed E-state index contributed by atoms with van der Waals surface area (Å²) in [5.41, 5.74) is 2.98. The van der Waals surface area contributed by atoms with Gasteiger partial charge in [-0.05, 0) is 67.9 Å². The Hall–Kier alpha value is -2.87. The van der Waals surface area contributed by atoms with Crippen molar-refractivity contribution in [1.29, 1.82) is 0 Å². The number of hydrogen-bond donors (Lipinski definition) is 1. The molecule has 0 atom stereocenters. The lowest BCUT2D eigenvalue weighted by Gasteiger charge is -2.22. The van der Waals surface area contributed by atoms with Crippen molar-refractivity contribution in [2.75, 3.05) is 13.1 Å². The zero-order valence-corrected chi connectivity index (χ0v) is 17.9. The quantitative estimate of drug-likeness (QED) is 0.572. The molecule has 158 valence electrons. The van der Waals surface area contributed by atoms with Crippen molar-refractivity contribution < 1.29 is 13.6 Å². The lowest BCUT2D eigenvalue weighted by molar-refractivity contribution is 0.0555. The van der Waals surface area contributed by atoms with Gasteiger partial charge in [-0.15, -0.1) is 0 Å². The van der Waals surface area contributed by atoms with Crippen LogP contribution in [0.25, 0.3) is 16.6 Å². The maximum atomic E-state index is 13.2. The number of hydrogen-bond acceptors (Lipinski definition) is 3. The summed E-state index contributed by atoms with van der Waals surface area (Å²) in [5.74, 6) is -0.503. The van der Waals surface area contributed by atoms with E-state index in [1.165, 1.54) is 22.8 Å². The lowest BCUT2D eigenvalue weighted by atomic mass is 10.1. The van der Waals surface area contributed by atoms with Gasteiger partial charge in [-0.3, -0.25) is 14.2 Å². The van der Waals surface area contributed by atoms with Gasteiger partial charge in [-0.1, -0.05) is 19.1 Å². The first-order valence-electron chi connectivity index (χ1n) is 9.67. The van der Waals surface area contributed by atoms with Crippen molar-refractivity contribution in [1.82, 2.24) is 14.5 Å². The molecular weight excluding hydrogens is 408 g/mol. The average Bonchev–Trinajstić information content (AvgIpc) is 2.69. The number of amides is 1. The highest BCUT2D eigenvalue weighted by molar-refractivity contribution is 7.71. The number of nitrogens with zero attached hydrogens (tertiary/aromatic N) is 2. The predicted molar refractivity (Wildman–Crippen MR) is 116 cm³/mol. The molecule has 3 rings (SSSR count). The van der Waals surface area contributed by atoms with Crippen molar-refractivity contribution in [3.05, 3.63) is 68.2 Å². The van der Waals surface area contributed by atoms with Crippen LogP contribution < -0.4 is 5.56 Å². The number of carbonyl (C=O) groups is 1. The lowest BCUT2D eigenvalue weighted by Crippen LogP contribution is -2.35. The van der Waals surface area contributed by atoms with Gasteiger partial charge in [0, 0.05) is 12.1 Å². The fraction of sp³-hybridized carbons (Fsp3) is 0.318. The van der Waals surface area contributed by atoms with Crippen LogP contribution in [0.3, 0.4) is 0 Å². The number of aryl methyl sites for hydroxylation is 1. The van der Waals surface area contributed by atoms with Gasteiger partial charge in [0.25, 0.3) is 17.9 Å². The fourth-order valence-electron chi connectivity index (χ4n) is 3.44. The summed E-state index contributed by atoms with van der Waals surface area (Å²) in [6, 6.07) is 10.2. The molecule has 0 aliphatic carbocycles. The molecule has 0 spiro atoms. The second kappa shape index (κ2) is 8.87. The third kappa shape index (κ3) is 4.18. The number of aromatic amines is 1. The number of nitrogens with one attached hydrogen (secondary N) is 1. The highest BCUT2D eigenvalue weighted by Gasteiger charge is 2.20. The van der Waals surface area contributed by atoms with Gasteiger partial charge < -0.3 is 9.88 Å². The Morgan fingerprint density at radius 2 is 1.97 bits per heavy atom. The van der Waals surface area contributed by atoms with E-state index in [9.17, 15) is 18.4 Å². The first-order chi connectivity index (χ1) is 14.2. The van der Waals surface area contributed by atoms with E-state index in [0.29, 0.717) is 23.0 Å². The van der Waals surface area contributed by atoms with E-state index in [0.717, 1.165) is 16.0 Å². The average molecular weight is 432 g/mol. The van der Waals surface area contributed by atoms with Crippen LogP contribution in [0.5, 0.6) is 0 Å². The molecular formula is C22H23F2N3O2S. The predicted octanol–water partition coefficient (Wildman–Crippen LogP) is 4.78. The van der Waals surface area contributed by atoms with Crippen LogP contribution in [0.4, 0.5) is 8.78 Å². The van der Waals surface area contributed by atoms with Crippen LogP contribution in [0.2, 0.25) is 0 Å². The summed E-state index contributed by atoms with van der Waals surface area (Å²) in [6.45, 7) is 5.29. The van der Waals surface area contributed by atoms with Crippen LogP contribution >= 0.6 is 12.2 Å². The van der Waals surface area contributed by atoms with Gasteiger partial charge in [0.1, 0.15) is 0 Å². The molecule has 3 aromatic rings. The van der Waals surface area contributed by atoms with Crippen molar-refractivity contribution in [3.63, 3.8) is 0 Å². The number of halogens is 2. The molecule has 5 nitrogen and oxygen atoms in total. The molecule has 0 bridgehead atoms. The summed E-state index contributed by atoms with van der Waals surface area (Å²) in [6.07, 6.45) is -2.05. The van der Waals surface area contributed by atoms with E-state index in [1.807, 2.05) is 39.0 Å². The molecule has 8 heteroatoms. The third-order valence-electron chi connectivity index (χ3n) is 5.10. The van der Waals surface area contributed by atoms with Gasteiger partial charge in [-0.2, -0.15) is 0 Å². The summed E-state index contributed by atoms with van der Waals surface area (Å²) in [7, 11) is 0. The Kier molecular flexibility index (Phi) is 6.45. The monoisotopic (exact) mass is 431 g/mol. The van der Waals surface area contributed by atoms with Crippen molar-refractivity contribution in [2.24, 2.45) is 0 Å². The summed E-state index contributed by atoms with van der Waals surface area (Å²) in [5, 5.41) is 0.358. The zero-order chi connectivity index (χ0) is 22.0. The highest BCUT2D eigenvalue weighted by atomic mass is 32.1. The van der Waals surface area contributed by atoms with Gasteiger partial charge in [0.05, 0.1) is 23.1 Å². The first kappa shape index (κ1) is 21.8. The molecule has 1 heterocycles. The third-order valence-corrected chi connectivity index (χ3v) is 5.39. The second-order valence-corrected chi connectivity index (χ2v) is 7.58. The second-order valence-electron chi connectivity index (χ2n) is 7.19. The molecule has 0 saturated heterocycles. The summed E-state index contributed by atoms with van der Waals surface area (Å²) < 4.78 is 27.3. The van der Waals surface area contributed by atoms with Crippen LogP contribution in [0, 0.1) is 18.6 Å². The molecule has 1 N–H and O–H groups in total. The smallest absolute Gasteiger partial charge is 0.266 e. The number of rotatable bonds is 6. The van der Waals surface area contributed by atoms with Crippen LogP contribution in [0.1, 0.15) is 34.8 Å². The van der Waals surface area contributed by atoms with E-state index >= 15 is 0 Å². The fourth-order valence-corrected chi connectivity index (χ4v) is 3.73. The molecule has 30 heavy (non-hydrogen) atoms. The molecule has 2 aromatic carbocycles. The maximum absolute atomic E-state index is 13.2. The SMILES string of the molecule is CCCN(CC(F)F)C(=O)c1ccc2c(=O)n(-c3cccc(C)c3C)c(=S)[nH]c2c1. The van der Waals surface area contributed by atoms with Crippen molar-refractivity contribution in [2.45, 2.75) is 33.6 Å². The Bertz CT molecular complexity index is 1220. The van der Waals surface area contributed by atoms with Crippen LogP contribution in [-0.4, -0.2) is 39.9 Å². The van der Waals surface area contributed by atoms with E-state index < -0.39 is 18.9 Å². The zero-order valence-electron chi connectivity index (χ0n) is 17.0. The Balaban J connectivity index is 2.11. The van der Waals surface area contributed by atoms with Gasteiger partial charge in [-0.25, -0.2) is 8.78 Å². The van der Waals surface area contributed by atoms with E-state index in [2.05, 4.69) is 4.98 Å². The van der Waals surface area contributed by atoms with Crippen LogP contribution in [0.15, 0.2) is 41.2 Å². The highest BCUT2D eigenvalue weighted by Crippen LogP contribution is 2.19. The van der Waals surface area contributed by atoms with E-state index in [1.54, 1.807) is 0 Å². The largest absolute Gasteiger partial charge is 0.333 e. The van der Waals surface area contributed by atoms with Gasteiger partial charge in [0.2, 0.25) is 0 Å². The minimum atomic E-state index is -2.61. The number of alkyl halides is 2. The maximum Gasteiger partial charge on any atom is 0.266 e. The van der Waals surface area contributed by atoms with Gasteiger partial charge >= 0.3 is 0 Å². The molecule has 1 amide bonds. The summed E-state index contributed by atoms with van der Waals surface area (Å²) >= 11 is 5.42. The normalized spacial score (nSPS) is 11.3. The van der Waals surface area contributed by atoms with Crippen molar-refractivity contribution >= 4 is 29.0 Å². The number of aromatic nitrogens is 2. The molecule has 0 aliphatic rings. The first-order valence-corrected chi connectivity index (χ1v) is 10.1. The molecule has 0 radical (unpaired) electrons. The minimum absolute atomic E-state index is 0.198. The molecule has 1 aromatic heterocycles.